The molecule has 5 heteroatoms. The first-order valence-electron chi connectivity index (χ1n) is 8.78. The molecule has 0 aromatic heterocycles. The molecule has 2 aliphatic rings. The maximum Gasteiger partial charge on any atom is 0.237 e. The van der Waals surface area contributed by atoms with E-state index >= 15 is 0 Å². The van der Waals surface area contributed by atoms with Crippen molar-refractivity contribution in [1.82, 2.24) is 10.6 Å². The minimum Gasteiger partial charge on any atom is -0.396 e. The smallest absolute Gasteiger partial charge is 0.237 e. The second-order valence-corrected chi connectivity index (χ2v) is 7.00. The van der Waals surface area contributed by atoms with Gasteiger partial charge in [-0.1, -0.05) is 26.7 Å². The fourth-order valence-electron chi connectivity index (χ4n) is 4.10. The van der Waals surface area contributed by atoms with E-state index in [1.165, 1.54) is 25.7 Å². The minimum absolute atomic E-state index is 0. The van der Waals surface area contributed by atoms with E-state index in [1.54, 1.807) is 0 Å². The summed E-state index contributed by atoms with van der Waals surface area (Å²) in [4.78, 5) is 12.4. The highest BCUT2D eigenvalue weighted by molar-refractivity contribution is 5.85. The van der Waals surface area contributed by atoms with Gasteiger partial charge in [0.25, 0.3) is 0 Å². The molecule has 1 saturated heterocycles. The molecule has 3 N–H and O–H groups in total. The van der Waals surface area contributed by atoms with Gasteiger partial charge in [0, 0.05) is 19.2 Å². The monoisotopic (exact) mass is 332 g/mol. The van der Waals surface area contributed by atoms with E-state index in [4.69, 9.17) is 0 Å². The van der Waals surface area contributed by atoms with E-state index in [9.17, 15) is 9.90 Å². The molecule has 0 aromatic carbocycles. The summed E-state index contributed by atoms with van der Waals surface area (Å²) in [5.41, 5.74) is 0.0514. The molecule has 3 unspecified atom stereocenters. The predicted octanol–water partition coefficient (Wildman–Crippen LogP) is 2.63. The zero-order chi connectivity index (χ0) is 15.3. The molecule has 1 heterocycles. The van der Waals surface area contributed by atoms with Crippen LogP contribution in [0.3, 0.4) is 0 Å². The van der Waals surface area contributed by atoms with Gasteiger partial charge in [-0.25, -0.2) is 0 Å². The predicted molar refractivity (Wildman–Crippen MR) is 92.3 cm³/mol. The Labute approximate surface area is 141 Å². The number of carbonyl (C=O) groups excluding carboxylic acids is 1. The Bertz CT molecular complexity index is 334. The van der Waals surface area contributed by atoms with Crippen LogP contribution in [0.2, 0.25) is 0 Å². The van der Waals surface area contributed by atoms with Crippen LogP contribution in [-0.4, -0.2) is 36.2 Å². The van der Waals surface area contributed by atoms with Gasteiger partial charge in [0.2, 0.25) is 5.91 Å². The lowest BCUT2D eigenvalue weighted by Crippen LogP contribution is -2.46. The van der Waals surface area contributed by atoms with Gasteiger partial charge in [-0.2, -0.15) is 0 Å². The number of halogens is 1. The first-order chi connectivity index (χ1) is 10.1. The molecular formula is C17H33ClN2O2. The summed E-state index contributed by atoms with van der Waals surface area (Å²) >= 11 is 0. The Kier molecular flexibility index (Phi) is 8.15. The minimum atomic E-state index is -0.00126. The van der Waals surface area contributed by atoms with Crippen LogP contribution in [0.25, 0.3) is 0 Å². The second-order valence-electron chi connectivity index (χ2n) is 7.00. The molecule has 0 bridgehead atoms. The fraction of sp³-hybridized carbons (Fsp3) is 0.941. The van der Waals surface area contributed by atoms with Crippen molar-refractivity contribution >= 4 is 18.3 Å². The second kappa shape index (κ2) is 9.09. The molecule has 0 spiro atoms. The largest absolute Gasteiger partial charge is 0.396 e. The maximum absolute atomic E-state index is 12.4. The Hall–Kier alpha value is -0.320. The lowest BCUT2D eigenvalue weighted by Gasteiger charge is -2.31. The number of nitrogens with one attached hydrogen (secondary N) is 2. The van der Waals surface area contributed by atoms with Gasteiger partial charge in [0.1, 0.15) is 0 Å². The summed E-state index contributed by atoms with van der Waals surface area (Å²) in [6.07, 6.45) is 8.88. The first kappa shape index (κ1) is 19.7. The standard InChI is InChI=1S/C17H32N2O2.ClH/c1-3-17(4-2,9-10-20)12-18-16(21)15-11-13-7-5-6-8-14(13)19-15;/h13-15,19-20H,3-12H2,1-2H3,(H,18,21);1H. The molecule has 1 saturated carbocycles. The van der Waals surface area contributed by atoms with Crippen molar-refractivity contribution in [1.29, 1.82) is 0 Å². The molecule has 1 aliphatic heterocycles. The summed E-state index contributed by atoms with van der Waals surface area (Å²) in [7, 11) is 0. The molecule has 3 atom stereocenters. The van der Waals surface area contributed by atoms with Gasteiger partial charge in [0.15, 0.2) is 0 Å². The number of carbonyl (C=O) groups is 1. The molecular weight excluding hydrogens is 300 g/mol. The molecule has 1 amide bonds. The highest BCUT2D eigenvalue weighted by Crippen LogP contribution is 2.33. The molecule has 0 aromatic rings. The lowest BCUT2D eigenvalue weighted by atomic mass is 9.79. The van der Waals surface area contributed by atoms with E-state index < -0.39 is 0 Å². The topological polar surface area (TPSA) is 61.4 Å². The summed E-state index contributed by atoms with van der Waals surface area (Å²) in [5.74, 6) is 0.864. The van der Waals surface area contributed by atoms with Crippen LogP contribution < -0.4 is 10.6 Å². The highest BCUT2D eigenvalue weighted by Gasteiger charge is 2.38. The van der Waals surface area contributed by atoms with Gasteiger partial charge in [-0.3, -0.25) is 4.79 Å². The maximum atomic E-state index is 12.4. The van der Waals surface area contributed by atoms with E-state index in [1.807, 2.05) is 0 Å². The highest BCUT2D eigenvalue weighted by atomic mass is 35.5. The average molecular weight is 333 g/mol. The third-order valence-electron chi connectivity index (χ3n) is 5.96. The Morgan fingerprint density at radius 2 is 1.95 bits per heavy atom. The van der Waals surface area contributed by atoms with Crippen LogP contribution in [0.5, 0.6) is 0 Å². The third kappa shape index (κ3) is 4.59. The van der Waals surface area contributed by atoms with Crippen molar-refractivity contribution in [2.45, 2.75) is 77.3 Å². The zero-order valence-corrected chi connectivity index (χ0v) is 14.9. The Morgan fingerprint density at radius 1 is 1.27 bits per heavy atom. The number of aliphatic hydroxyl groups is 1. The van der Waals surface area contributed by atoms with Crippen LogP contribution in [0, 0.1) is 11.3 Å². The number of hydrogen-bond acceptors (Lipinski definition) is 3. The fourth-order valence-corrected chi connectivity index (χ4v) is 4.10. The molecule has 22 heavy (non-hydrogen) atoms. The summed E-state index contributed by atoms with van der Waals surface area (Å²) in [6, 6.07) is 0.563. The lowest BCUT2D eigenvalue weighted by molar-refractivity contribution is -0.123. The Morgan fingerprint density at radius 3 is 2.55 bits per heavy atom. The van der Waals surface area contributed by atoms with Crippen LogP contribution >= 0.6 is 12.4 Å². The van der Waals surface area contributed by atoms with Crippen molar-refractivity contribution in [2.75, 3.05) is 13.2 Å². The van der Waals surface area contributed by atoms with Crippen LogP contribution in [0.4, 0.5) is 0 Å². The van der Waals surface area contributed by atoms with E-state index in [2.05, 4.69) is 24.5 Å². The van der Waals surface area contributed by atoms with Crippen LogP contribution in [0.15, 0.2) is 0 Å². The first-order valence-corrected chi connectivity index (χ1v) is 8.78. The van der Waals surface area contributed by atoms with Gasteiger partial charge in [-0.05, 0) is 49.9 Å². The molecule has 130 valence electrons. The van der Waals surface area contributed by atoms with Crippen LogP contribution in [-0.2, 0) is 4.79 Å². The third-order valence-corrected chi connectivity index (χ3v) is 5.96. The number of hydrogen-bond donors (Lipinski definition) is 3. The van der Waals surface area contributed by atoms with Gasteiger partial charge < -0.3 is 15.7 Å². The molecule has 1 aliphatic carbocycles. The van der Waals surface area contributed by atoms with Crippen molar-refractivity contribution in [2.24, 2.45) is 11.3 Å². The number of fused-ring (bicyclic) bond motifs is 1. The van der Waals surface area contributed by atoms with Crippen molar-refractivity contribution in [3.8, 4) is 0 Å². The van der Waals surface area contributed by atoms with Gasteiger partial charge >= 0.3 is 0 Å². The quantitative estimate of drug-likeness (QED) is 0.671. The summed E-state index contributed by atoms with van der Waals surface area (Å²) < 4.78 is 0. The average Bonchev–Trinajstić information content (AvgIpc) is 2.95. The summed E-state index contributed by atoms with van der Waals surface area (Å²) in [6.45, 7) is 5.18. The van der Waals surface area contributed by atoms with Crippen molar-refractivity contribution in [3.05, 3.63) is 0 Å². The van der Waals surface area contributed by atoms with Crippen molar-refractivity contribution < 1.29 is 9.90 Å². The van der Waals surface area contributed by atoms with Crippen molar-refractivity contribution in [3.63, 3.8) is 0 Å². The molecule has 2 fully saturated rings. The number of amides is 1. The summed E-state index contributed by atoms with van der Waals surface area (Å²) in [5, 5.41) is 15.9. The molecule has 0 radical (unpaired) electrons. The molecule has 4 nitrogen and oxygen atoms in total. The Balaban J connectivity index is 0.00000242. The number of aliphatic hydroxyl groups excluding tert-OH is 1. The SMILES string of the molecule is CCC(CC)(CCO)CNC(=O)C1CC2CCCCC2N1.Cl. The van der Waals surface area contributed by atoms with E-state index in [0.717, 1.165) is 25.7 Å². The van der Waals surface area contributed by atoms with E-state index in [0.29, 0.717) is 18.5 Å². The number of rotatable bonds is 7. The molecule has 2 rings (SSSR count). The zero-order valence-electron chi connectivity index (χ0n) is 14.1. The van der Waals surface area contributed by atoms with Crippen LogP contribution in [0.1, 0.15) is 65.2 Å². The van der Waals surface area contributed by atoms with Gasteiger partial charge in [-0.15, -0.1) is 12.4 Å². The normalized spacial score (nSPS) is 27.9. The van der Waals surface area contributed by atoms with E-state index in [-0.39, 0.29) is 36.4 Å². The van der Waals surface area contributed by atoms with Gasteiger partial charge in [0.05, 0.1) is 6.04 Å².